The average molecular weight is 282 g/mol. The zero-order valence-corrected chi connectivity index (χ0v) is 10.4. The number of amides is 1. The Hall–Kier alpha value is -1.54. The molecule has 1 rings (SSSR count). The summed E-state index contributed by atoms with van der Waals surface area (Å²) < 4.78 is 0.845. The summed E-state index contributed by atoms with van der Waals surface area (Å²) in [6.45, 7) is 2.16. The van der Waals surface area contributed by atoms with Crippen molar-refractivity contribution in [3.63, 3.8) is 0 Å². The number of carbonyl (C=O) groups excluding carboxylic acids is 1. The third kappa shape index (κ3) is 3.24. The first-order valence-corrected chi connectivity index (χ1v) is 5.56. The van der Waals surface area contributed by atoms with E-state index in [9.17, 15) is 4.79 Å². The number of hydrogen-bond acceptors (Lipinski definition) is 3. The number of primary amides is 1. The van der Waals surface area contributed by atoms with Crippen LogP contribution in [0.1, 0.15) is 12.5 Å². The van der Waals surface area contributed by atoms with Gasteiger partial charge in [0.2, 0.25) is 5.91 Å². The minimum Gasteiger partial charge on any atom is -0.383 e. The van der Waals surface area contributed by atoms with Crippen LogP contribution in [0, 0.1) is 17.2 Å². The van der Waals surface area contributed by atoms with Gasteiger partial charge in [-0.25, -0.2) is 0 Å². The zero-order chi connectivity index (χ0) is 12.1. The topological polar surface area (TPSA) is 78.9 Å². The molecule has 5 heteroatoms. The molecule has 1 unspecified atom stereocenters. The first-order chi connectivity index (χ1) is 7.54. The molecular formula is C11H12BrN3O. The number of hydrogen-bond donors (Lipinski definition) is 2. The Bertz CT molecular complexity index is 439. The lowest BCUT2D eigenvalue weighted by molar-refractivity contribution is -0.120. The third-order valence-electron chi connectivity index (χ3n) is 2.19. The average Bonchev–Trinajstić information content (AvgIpc) is 2.26. The van der Waals surface area contributed by atoms with Gasteiger partial charge in [-0.05, 0) is 18.2 Å². The number of anilines is 1. The summed E-state index contributed by atoms with van der Waals surface area (Å²) in [6.07, 6.45) is 0. The van der Waals surface area contributed by atoms with Crippen LogP contribution in [-0.4, -0.2) is 12.5 Å². The lowest BCUT2D eigenvalue weighted by atomic mass is 10.1. The highest BCUT2D eigenvalue weighted by Crippen LogP contribution is 2.20. The minimum atomic E-state index is -0.358. The van der Waals surface area contributed by atoms with Crippen molar-refractivity contribution in [3.8, 4) is 6.07 Å². The van der Waals surface area contributed by atoms with Crippen LogP contribution in [0.15, 0.2) is 22.7 Å². The summed E-state index contributed by atoms with van der Waals surface area (Å²) in [5, 5.41) is 11.9. The van der Waals surface area contributed by atoms with E-state index in [4.69, 9.17) is 11.0 Å². The quantitative estimate of drug-likeness (QED) is 0.884. The van der Waals surface area contributed by atoms with Crippen molar-refractivity contribution in [1.82, 2.24) is 0 Å². The van der Waals surface area contributed by atoms with E-state index in [-0.39, 0.29) is 11.8 Å². The van der Waals surface area contributed by atoms with Crippen LogP contribution < -0.4 is 11.1 Å². The van der Waals surface area contributed by atoms with Gasteiger partial charge in [-0.2, -0.15) is 5.26 Å². The molecule has 0 aliphatic rings. The van der Waals surface area contributed by atoms with Gasteiger partial charge in [0.05, 0.1) is 17.2 Å². The van der Waals surface area contributed by atoms with Gasteiger partial charge in [0, 0.05) is 11.0 Å². The molecule has 1 aromatic rings. The van der Waals surface area contributed by atoms with Gasteiger partial charge >= 0.3 is 0 Å². The maximum Gasteiger partial charge on any atom is 0.222 e. The molecule has 1 amide bonds. The van der Waals surface area contributed by atoms with E-state index in [1.54, 1.807) is 19.1 Å². The fraction of sp³-hybridized carbons (Fsp3) is 0.273. The molecule has 84 valence electrons. The van der Waals surface area contributed by atoms with Gasteiger partial charge < -0.3 is 11.1 Å². The Kier molecular flexibility index (Phi) is 4.32. The smallest absolute Gasteiger partial charge is 0.222 e. The Balaban J connectivity index is 2.75. The predicted molar refractivity (Wildman–Crippen MR) is 65.7 cm³/mol. The van der Waals surface area contributed by atoms with Gasteiger partial charge in [0.25, 0.3) is 0 Å². The predicted octanol–water partition coefficient (Wildman–Crippen LogP) is 1.85. The molecule has 0 heterocycles. The van der Waals surface area contributed by atoms with Crippen molar-refractivity contribution in [2.75, 3.05) is 11.9 Å². The molecule has 0 bridgehead atoms. The summed E-state index contributed by atoms with van der Waals surface area (Å²) in [4.78, 5) is 10.8. The van der Waals surface area contributed by atoms with Gasteiger partial charge in [-0.15, -0.1) is 0 Å². The molecule has 4 nitrogen and oxygen atoms in total. The van der Waals surface area contributed by atoms with Crippen molar-refractivity contribution >= 4 is 27.5 Å². The lowest BCUT2D eigenvalue weighted by Crippen LogP contribution is -2.26. The number of nitrogens with two attached hydrogens (primary N) is 1. The van der Waals surface area contributed by atoms with Crippen molar-refractivity contribution in [1.29, 1.82) is 5.26 Å². The van der Waals surface area contributed by atoms with Crippen molar-refractivity contribution in [2.45, 2.75) is 6.92 Å². The molecule has 0 fully saturated rings. The lowest BCUT2D eigenvalue weighted by Gasteiger charge is -2.11. The second-order valence-corrected chi connectivity index (χ2v) is 4.40. The maximum atomic E-state index is 10.8. The Morgan fingerprint density at radius 3 is 2.94 bits per heavy atom. The fourth-order valence-electron chi connectivity index (χ4n) is 1.13. The molecule has 0 aliphatic carbocycles. The summed E-state index contributed by atoms with van der Waals surface area (Å²) in [5.41, 5.74) is 6.38. The Morgan fingerprint density at radius 1 is 1.69 bits per heavy atom. The third-order valence-corrected chi connectivity index (χ3v) is 2.68. The van der Waals surface area contributed by atoms with Gasteiger partial charge in [0.15, 0.2) is 0 Å². The number of benzene rings is 1. The normalized spacial score (nSPS) is 11.6. The minimum absolute atomic E-state index is 0.268. The van der Waals surface area contributed by atoms with Crippen LogP contribution in [0.25, 0.3) is 0 Å². The maximum absolute atomic E-state index is 10.8. The molecule has 0 radical (unpaired) electrons. The first-order valence-electron chi connectivity index (χ1n) is 4.77. The molecule has 1 atom stereocenters. The Morgan fingerprint density at radius 2 is 2.38 bits per heavy atom. The number of nitrogens with one attached hydrogen (secondary N) is 1. The second-order valence-electron chi connectivity index (χ2n) is 3.49. The number of nitrogens with zero attached hydrogens (tertiary/aromatic N) is 1. The highest BCUT2D eigenvalue weighted by Gasteiger charge is 2.09. The van der Waals surface area contributed by atoms with E-state index in [0.717, 1.165) is 4.47 Å². The van der Waals surface area contributed by atoms with Crippen LogP contribution in [-0.2, 0) is 4.79 Å². The number of halogens is 1. The van der Waals surface area contributed by atoms with E-state index in [1.807, 2.05) is 6.07 Å². The van der Waals surface area contributed by atoms with E-state index in [0.29, 0.717) is 17.8 Å². The zero-order valence-electron chi connectivity index (χ0n) is 8.83. The standard InChI is InChI=1S/C11H12BrN3O/c1-7(11(14)16)6-15-10-3-2-9(12)4-8(10)5-13/h2-4,7,15H,6H2,1H3,(H2,14,16). The SMILES string of the molecule is CC(CNc1ccc(Br)cc1C#N)C(N)=O. The highest BCUT2D eigenvalue weighted by atomic mass is 79.9. The number of rotatable bonds is 4. The number of carbonyl (C=O) groups is 1. The molecule has 0 spiro atoms. The van der Waals surface area contributed by atoms with E-state index in [1.165, 1.54) is 0 Å². The largest absolute Gasteiger partial charge is 0.383 e. The van der Waals surface area contributed by atoms with Crippen LogP contribution in [0.5, 0.6) is 0 Å². The molecule has 3 N–H and O–H groups in total. The van der Waals surface area contributed by atoms with Crippen molar-refractivity contribution < 1.29 is 4.79 Å². The molecular weight excluding hydrogens is 270 g/mol. The van der Waals surface area contributed by atoms with Crippen molar-refractivity contribution in [2.24, 2.45) is 11.7 Å². The number of nitriles is 1. The summed E-state index contributed by atoms with van der Waals surface area (Å²) in [7, 11) is 0. The van der Waals surface area contributed by atoms with Crippen LogP contribution in [0.3, 0.4) is 0 Å². The molecule has 0 aliphatic heterocycles. The second kappa shape index (κ2) is 5.52. The van der Waals surface area contributed by atoms with Crippen molar-refractivity contribution in [3.05, 3.63) is 28.2 Å². The molecule has 1 aromatic carbocycles. The van der Waals surface area contributed by atoms with E-state index in [2.05, 4.69) is 27.3 Å². The van der Waals surface area contributed by atoms with Gasteiger partial charge in [-0.3, -0.25) is 4.79 Å². The van der Waals surface area contributed by atoms with Gasteiger partial charge in [0.1, 0.15) is 6.07 Å². The van der Waals surface area contributed by atoms with Crippen LogP contribution in [0.2, 0.25) is 0 Å². The highest BCUT2D eigenvalue weighted by molar-refractivity contribution is 9.10. The molecule has 0 saturated heterocycles. The van der Waals surface area contributed by atoms with Crippen LogP contribution in [0.4, 0.5) is 5.69 Å². The summed E-state index contributed by atoms with van der Waals surface area (Å²) >= 11 is 3.29. The first kappa shape index (κ1) is 12.5. The molecule has 0 saturated carbocycles. The van der Waals surface area contributed by atoms with Gasteiger partial charge in [-0.1, -0.05) is 22.9 Å². The summed E-state index contributed by atoms with van der Waals surface area (Å²) in [6, 6.07) is 7.42. The molecule has 16 heavy (non-hydrogen) atoms. The van der Waals surface area contributed by atoms with E-state index >= 15 is 0 Å². The summed E-state index contributed by atoms with van der Waals surface area (Å²) in [5.74, 6) is -0.627. The van der Waals surface area contributed by atoms with E-state index < -0.39 is 0 Å². The van der Waals surface area contributed by atoms with Crippen LogP contribution >= 0.6 is 15.9 Å². The Labute approximate surface area is 103 Å². The molecule has 0 aromatic heterocycles. The fourth-order valence-corrected chi connectivity index (χ4v) is 1.49. The monoisotopic (exact) mass is 281 g/mol.